The number of hydrogen-bond acceptors (Lipinski definition) is 3. The van der Waals surface area contributed by atoms with Crippen LogP contribution in [0.3, 0.4) is 0 Å². The van der Waals surface area contributed by atoms with Crippen LogP contribution in [0, 0.1) is 0 Å². The summed E-state index contributed by atoms with van der Waals surface area (Å²) in [4.78, 5) is 15.8. The predicted molar refractivity (Wildman–Crippen MR) is 98.1 cm³/mol. The molecule has 25 heavy (non-hydrogen) atoms. The fraction of sp³-hybridized carbons (Fsp3) is 0.200. The van der Waals surface area contributed by atoms with Crippen LogP contribution in [-0.2, 0) is 12.8 Å². The van der Waals surface area contributed by atoms with Gasteiger partial charge in [-0.1, -0.05) is 12.1 Å². The van der Waals surface area contributed by atoms with Gasteiger partial charge in [0.05, 0.1) is 6.21 Å². The largest absolute Gasteiger partial charge is 0.508 e. The smallest absolute Gasteiger partial charge is 0.271 e. The Kier molecular flexibility index (Phi) is 3.98. The summed E-state index contributed by atoms with van der Waals surface area (Å²) in [5, 5.41) is 14.5. The molecule has 5 heteroatoms. The lowest BCUT2D eigenvalue weighted by Gasteiger charge is -2.10. The van der Waals surface area contributed by atoms with Crippen LogP contribution in [0.15, 0.2) is 47.6 Å². The second kappa shape index (κ2) is 6.43. The normalized spacial score (nSPS) is 13.9. The number of aromatic amines is 1. The van der Waals surface area contributed by atoms with E-state index >= 15 is 0 Å². The van der Waals surface area contributed by atoms with Crippen molar-refractivity contribution in [1.82, 2.24) is 10.4 Å². The molecule has 0 bridgehead atoms. The highest BCUT2D eigenvalue weighted by molar-refractivity contribution is 5.99. The molecule has 1 aliphatic rings. The number of carbonyl (C=O) groups is 1. The number of benzene rings is 2. The Hall–Kier alpha value is -3.08. The number of carbonyl (C=O) groups excluding carboxylic acids is 1. The molecule has 1 aliphatic carbocycles. The van der Waals surface area contributed by atoms with E-state index in [2.05, 4.69) is 15.5 Å². The van der Waals surface area contributed by atoms with Gasteiger partial charge in [0.25, 0.3) is 5.91 Å². The van der Waals surface area contributed by atoms with Crippen LogP contribution in [0.2, 0.25) is 0 Å². The Balaban J connectivity index is 1.53. The van der Waals surface area contributed by atoms with Crippen molar-refractivity contribution in [3.63, 3.8) is 0 Å². The van der Waals surface area contributed by atoms with E-state index in [1.165, 1.54) is 30.3 Å². The molecule has 0 saturated carbocycles. The zero-order valence-corrected chi connectivity index (χ0v) is 13.7. The lowest BCUT2D eigenvalue weighted by Crippen LogP contribution is -2.17. The van der Waals surface area contributed by atoms with E-state index in [-0.39, 0.29) is 11.7 Å². The molecule has 2 aromatic carbocycles. The van der Waals surface area contributed by atoms with Crippen molar-refractivity contribution in [2.45, 2.75) is 25.7 Å². The first-order valence-electron chi connectivity index (χ1n) is 8.46. The third-order valence-corrected chi connectivity index (χ3v) is 4.61. The average Bonchev–Trinajstić information content (AvgIpc) is 2.99. The minimum atomic E-state index is -0.246. The first-order chi connectivity index (χ1) is 12.2. The fourth-order valence-electron chi connectivity index (χ4n) is 3.38. The van der Waals surface area contributed by atoms with Gasteiger partial charge in [0.15, 0.2) is 0 Å². The minimum absolute atomic E-state index is 0.165. The van der Waals surface area contributed by atoms with Gasteiger partial charge in [-0.15, -0.1) is 0 Å². The van der Waals surface area contributed by atoms with Crippen molar-refractivity contribution in [1.29, 1.82) is 0 Å². The van der Waals surface area contributed by atoms with Crippen molar-refractivity contribution in [2.75, 3.05) is 0 Å². The van der Waals surface area contributed by atoms with Crippen molar-refractivity contribution >= 4 is 23.0 Å². The van der Waals surface area contributed by atoms with Gasteiger partial charge in [-0.3, -0.25) is 4.79 Å². The van der Waals surface area contributed by atoms with Crippen LogP contribution < -0.4 is 5.43 Å². The number of nitrogens with one attached hydrogen (secondary N) is 2. The summed E-state index contributed by atoms with van der Waals surface area (Å²) in [6.45, 7) is 0. The molecule has 126 valence electrons. The predicted octanol–water partition coefficient (Wildman–Crippen LogP) is 3.52. The molecule has 1 heterocycles. The topological polar surface area (TPSA) is 77.5 Å². The average molecular weight is 333 g/mol. The van der Waals surface area contributed by atoms with E-state index in [4.69, 9.17) is 0 Å². The van der Waals surface area contributed by atoms with Crippen LogP contribution in [0.4, 0.5) is 0 Å². The Morgan fingerprint density at radius 1 is 1.16 bits per heavy atom. The second-order valence-corrected chi connectivity index (χ2v) is 6.34. The van der Waals surface area contributed by atoms with Gasteiger partial charge in [-0.2, -0.15) is 5.10 Å². The summed E-state index contributed by atoms with van der Waals surface area (Å²) in [7, 11) is 0. The molecule has 0 aliphatic heterocycles. The number of phenolic OH excluding ortho intramolecular Hbond substituents is 1. The molecule has 3 N–H and O–H groups in total. The van der Waals surface area contributed by atoms with Crippen molar-refractivity contribution < 1.29 is 9.90 Å². The molecular formula is C20H19N3O2. The van der Waals surface area contributed by atoms with E-state index in [1.54, 1.807) is 24.3 Å². The number of phenols is 1. The number of hydrazone groups is 1. The molecular weight excluding hydrogens is 314 g/mol. The monoisotopic (exact) mass is 333 g/mol. The number of rotatable bonds is 3. The number of fused-ring (bicyclic) bond motifs is 3. The van der Waals surface area contributed by atoms with Crippen molar-refractivity contribution in [3.05, 3.63) is 64.8 Å². The lowest BCUT2D eigenvalue weighted by molar-refractivity contribution is 0.0955. The van der Waals surface area contributed by atoms with Crippen molar-refractivity contribution in [2.24, 2.45) is 5.10 Å². The van der Waals surface area contributed by atoms with Gasteiger partial charge in [0, 0.05) is 22.2 Å². The molecule has 0 radical (unpaired) electrons. The first kappa shape index (κ1) is 15.4. The van der Waals surface area contributed by atoms with Gasteiger partial charge in [-0.25, -0.2) is 5.43 Å². The van der Waals surface area contributed by atoms with Gasteiger partial charge < -0.3 is 10.1 Å². The third kappa shape index (κ3) is 3.13. The highest BCUT2D eigenvalue weighted by atomic mass is 16.3. The Morgan fingerprint density at radius 2 is 2.04 bits per heavy atom. The number of aromatic hydroxyl groups is 1. The number of H-pyrrole nitrogens is 1. The second-order valence-electron chi connectivity index (χ2n) is 6.34. The molecule has 0 spiro atoms. The summed E-state index contributed by atoms with van der Waals surface area (Å²) < 4.78 is 0. The molecule has 5 nitrogen and oxygen atoms in total. The standard InChI is InChI=1S/C20H19N3O2/c24-15-5-3-4-13(10-15)12-21-23-20(25)14-8-9-19-17(11-14)16-6-1-2-7-18(16)22-19/h3-5,8-12,22,24H,1-2,6-7H2,(H,23,25)/b21-12+. The van der Waals surface area contributed by atoms with Crippen molar-refractivity contribution in [3.8, 4) is 5.75 Å². The van der Waals surface area contributed by atoms with Crippen LogP contribution >= 0.6 is 0 Å². The number of amides is 1. The maximum absolute atomic E-state index is 12.4. The highest BCUT2D eigenvalue weighted by Gasteiger charge is 2.16. The Bertz CT molecular complexity index is 972. The summed E-state index contributed by atoms with van der Waals surface area (Å²) in [5.74, 6) is -0.0815. The molecule has 0 unspecified atom stereocenters. The fourth-order valence-corrected chi connectivity index (χ4v) is 3.38. The third-order valence-electron chi connectivity index (χ3n) is 4.61. The summed E-state index contributed by atoms with van der Waals surface area (Å²) in [6, 6.07) is 12.4. The Morgan fingerprint density at radius 3 is 2.92 bits per heavy atom. The number of nitrogens with zero attached hydrogens (tertiary/aromatic N) is 1. The zero-order chi connectivity index (χ0) is 17.2. The molecule has 1 amide bonds. The zero-order valence-electron chi connectivity index (χ0n) is 13.7. The van der Waals surface area contributed by atoms with Crippen LogP contribution in [0.5, 0.6) is 5.75 Å². The van der Waals surface area contributed by atoms with Gasteiger partial charge >= 0.3 is 0 Å². The maximum atomic E-state index is 12.4. The SMILES string of the molecule is O=C(N/N=C/c1cccc(O)c1)c1ccc2[nH]c3c(c2c1)CCCC3. The molecule has 0 saturated heterocycles. The number of aromatic nitrogens is 1. The van der Waals surface area contributed by atoms with E-state index in [1.807, 2.05) is 18.2 Å². The van der Waals surface area contributed by atoms with E-state index < -0.39 is 0 Å². The first-order valence-corrected chi connectivity index (χ1v) is 8.46. The van der Waals surface area contributed by atoms with Gasteiger partial charge in [0.2, 0.25) is 0 Å². The number of hydrogen-bond donors (Lipinski definition) is 3. The van der Waals surface area contributed by atoms with Crippen LogP contribution in [0.25, 0.3) is 10.9 Å². The van der Waals surface area contributed by atoms with Crippen LogP contribution in [-0.4, -0.2) is 22.2 Å². The van der Waals surface area contributed by atoms with Gasteiger partial charge in [0.1, 0.15) is 5.75 Å². The molecule has 0 atom stereocenters. The maximum Gasteiger partial charge on any atom is 0.271 e. The summed E-state index contributed by atoms with van der Waals surface area (Å²) in [5.41, 5.74) is 7.59. The molecule has 4 rings (SSSR count). The summed E-state index contributed by atoms with van der Waals surface area (Å²) in [6.07, 6.45) is 6.08. The Labute approximate surface area is 145 Å². The van der Waals surface area contributed by atoms with E-state index in [0.717, 1.165) is 29.3 Å². The molecule has 0 fully saturated rings. The summed E-state index contributed by atoms with van der Waals surface area (Å²) >= 11 is 0. The van der Waals surface area contributed by atoms with Gasteiger partial charge in [-0.05, 0) is 67.1 Å². The molecule has 3 aromatic rings. The minimum Gasteiger partial charge on any atom is -0.508 e. The van der Waals surface area contributed by atoms with E-state index in [9.17, 15) is 9.90 Å². The van der Waals surface area contributed by atoms with E-state index in [0.29, 0.717) is 5.56 Å². The molecule has 1 aromatic heterocycles. The lowest BCUT2D eigenvalue weighted by atomic mass is 9.95. The quantitative estimate of drug-likeness (QED) is 0.506. The highest BCUT2D eigenvalue weighted by Crippen LogP contribution is 2.29. The van der Waals surface area contributed by atoms with Crippen LogP contribution in [0.1, 0.15) is 40.0 Å². The number of aryl methyl sites for hydroxylation is 2.